The summed E-state index contributed by atoms with van der Waals surface area (Å²) < 4.78 is 0. The Balaban J connectivity index is 2.65. The van der Waals surface area contributed by atoms with E-state index in [0.717, 1.165) is 16.8 Å². The number of nitrogens with one attached hydrogen (secondary N) is 2. The summed E-state index contributed by atoms with van der Waals surface area (Å²) in [7, 11) is 0. The molecule has 20 heavy (non-hydrogen) atoms. The lowest BCUT2D eigenvalue weighted by molar-refractivity contribution is -0.144. The summed E-state index contributed by atoms with van der Waals surface area (Å²) in [6.07, 6.45) is 0.402. The van der Waals surface area contributed by atoms with Crippen molar-refractivity contribution in [2.75, 3.05) is 11.9 Å². The Morgan fingerprint density at radius 3 is 2.50 bits per heavy atom. The van der Waals surface area contributed by atoms with E-state index >= 15 is 0 Å². The monoisotopic (exact) mass is 278 g/mol. The van der Waals surface area contributed by atoms with E-state index in [1.165, 1.54) is 0 Å². The summed E-state index contributed by atoms with van der Waals surface area (Å²) in [6.45, 7) is 7.16. The summed E-state index contributed by atoms with van der Waals surface area (Å²) >= 11 is 0. The van der Waals surface area contributed by atoms with E-state index in [4.69, 9.17) is 5.11 Å². The zero-order chi connectivity index (χ0) is 15.3. The molecular formula is C15H22N2O3. The van der Waals surface area contributed by atoms with Gasteiger partial charge < -0.3 is 10.4 Å². The van der Waals surface area contributed by atoms with Crippen LogP contribution in [0.5, 0.6) is 0 Å². The third kappa shape index (κ3) is 4.06. The Morgan fingerprint density at radius 1 is 1.30 bits per heavy atom. The molecule has 110 valence electrons. The Labute approximate surface area is 119 Å². The highest BCUT2D eigenvalue weighted by molar-refractivity contribution is 5.93. The normalized spacial score (nSPS) is 13.6. The fourth-order valence-corrected chi connectivity index (χ4v) is 1.69. The number of carboxylic acids is 1. The number of benzene rings is 1. The number of amides is 1. The second-order valence-corrected chi connectivity index (χ2v) is 5.21. The number of anilines is 1. The molecule has 0 bridgehead atoms. The standard InChI is InChI=1S/C15H22N2O3/c1-5-15(4,14(19)20)16-9-13(18)17-12-8-10(2)6-7-11(12)3/h6-8,16H,5,9H2,1-4H3,(H,17,18)(H,19,20). The number of aryl methyl sites for hydroxylation is 2. The first-order valence-electron chi connectivity index (χ1n) is 6.64. The van der Waals surface area contributed by atoms with E-state index in [2.05, 4.69) is 10.6 Å². The van der Waals surface area contributed by atoms with E-state index in [9.17, 15) is 9.59 Å². The Hall–Kier alpha value is -1.88. The van der Waals surface area contributed by atoms with Crippen molar-refractivity contribution in [3.05, 3.63) is 29.3 Å². The Kier molecular flexibility index (Phi) is 5.27. The molecule has 0 aliphatic carbocycles. The number of carbonyl (C=O) groups is 2. The molecule has 0 spiro atoms. The number of rotatable bonds is 6. The molecule has 0 aliphatic rings. The third-order valence-electron chi connectivity index (χ3n) is 3.49. The van der Waals surface area contributed by atoms with Gasteiger partial charge in [-0.3, -0.25) is 14.9 Å². The first kappa shape index (κ1) is 16.2. The van der Waals surface area contributed by atoms with Crippen LogP contribution in [0.1, 0.15) is 31.4 Å². The summed E-state index contributed by atoms with van der Waals surface area (Å²) in [4.78, 5) is 23.0. The second kappa shape index (κ2) is 6.52. The summed E-state index contributed by atoms with van der Waals surface area (Å²) in [5, 5.41) is 14.7. The van der Waals surface area contributed by atoms with E-state index in [1.807, 2.05) is 32.0 Å². The maximum atomic E-state index is 11.9. The van der Waals surface area contributed by atoms with Gasteiger partial charge in [0.25, 0.3) is 0 Å². The lowest BCUT2D eigenvalue weighted by atomic mass is 9.99. The van der Waals surface area contributed by atoms with Crippen molar-refractivity contribution in [2.45, 2.75) is 39.7 Å². The number of carboxylic acid groups (broad SMARTS) is 1. The Bertz CT molecular complexity index is 514. The van der Waals surface area contributed by atoms with Crippen molar-refractivity contribution in [1.29, 1.82) is 0 Å². The van der Waals surface area contributed by atoms with Crippen LogP contribution in [0.3, 0.4) is 0 Å². The smallest absolute Gasteiger partial charge is 0.323 e. The first-order chi connectivity index (χ1) is 9.28. The van der Waals surface area contributed by atoms with Gasteiger partial charge in [-0.25, -0.2) is 0 Å². The van der Waals surface area contributed by atoms with Crippen LogP contribution in [0.2, 0.25) is 0 Å². The molecule has 0 aliphatic heterocycles. The molecular weight excluding hydrogens is 256 g/mol. The van der Waals surface area contributed by atoms with E-state index in [-0.39, 0.29) is 12.5 Å². The highest BCUT2D eigenvalue weighted by Crippen LogP contribution is 2.16. The van der Waals surface area contributed by atoms with Gasteiger partial charge >= 0.3 is 5.97 Å². The lowest BCUT2D eigenvalue weighted by Gasteiger charge is -2.24. The van der Waals surface area contributed by atoms with Gasteiger partial charge in [0.05, 0.1) is 6.54 Å². The molecule has 1 aromatic carbocycles. The van der Waals surface area contributed by atoms with Crippen LogP contribution in [0.25, 0.3) is 0 Å². The SMILES string of the molecule is CCC(C)(NCC(=O)Nc1cc(C)ccc1C)C(=O)O. The van der Waals surface area contributed by atoms with Crippen molar-refractivity contribution >= 4 is 17.6 Å². The molecule has 5 heteroatoms. The number of hydrogen-bond donors (Lipinski definition) is 3. The van der Waals surface area contributed by atoms with Crippen LogP contribution in [-0.2, 0) is 9.59 Å². The third-order valence-corrected chi connectivity index (χ3v) is 3.49. The van der Waals surface area contributed by atoms with Crippen molar-refractivity contribution < 1.29 is 14.7 Å². The average Bonchev–Trinajstić information content (AvgIpc) is 2.40. The quantitative estimate of drug-likeness (QED) is 0.744. The van der Waals surface area contributed by atoms with Gasteiger partial charge in [-0.1, -0.05) is 19.1 Å². The molecule has 3 N–H and O–H groups in total. The minimum atomic E-state index is -1.08. The topological polar surface area (TPSA) is 78.4 Å². The molecule has 1 amide bonds. The zero-order valence-electron chi connectivity index (χ0n) is 12.4. The number of aliphatic carboxylic acids is 1. The van der Waals surface area contributed by atoms with Gasteiger partial charge in [0.15, 0.2) is 0 Å². The molecule has 0 saturated heterocycles. The number of hydrogen-bond acceptors (Lipinski definition) is 3. The van der Waals surface area contributed by atoms with Crippen molar-refractivity contribution in [3.8, 4) is 0 Å². The van der Waals surface area contributed by atoms with Gasteiger partial charge in [0, 0.05) is 5.69 Å². The van der Waals surface area contributed by atoms with Crippen LogP contribution in [0, 0.1) is 13.8 Å². The fraction of sp³-hybridized carbons (Fsp3) is 0.467. The van der Waals surface area contributed by atoms with E-state index in [1.54, 1.807) is 13.8 Å². The van der Waals surface area contributed by atoms with Crippen molar-refractivity contribution in [3.63, 3.8) is 0 Å². The molecule has 0 fully saturated rings. The minimum absolute atomic E-state index is 0.0377. The van der Waals surface area contributed by atoms with E-state index in [0.29, 0.717) is 6.42 Å². The molecule has 0 aromatic heterocycles. The minimum Gasteiger partial charge on any atom is -0.480 e. The first-order valence-corrected chi connectivity index (χ1v) is 6.64. The molecule has 1 rings (SSSR count). The van der Waals surface area contributed by atoms with Gasteiger partial charge in [-0.05, 0) is 44.4 Å². The summed E-state index contributed by atoms with van der Waals surface area (Å²) in [5.41, 5.74) is 1.70. The zero-order valence-corrected chi connectivity index (χ0v) is 12.4. The van der Waals surface area contributed by atoms with Crippen molar-refractivity contribution in [1.82, 2.24) is 5.32 Å². The maximum Gasteiger partial charge on any atom is 0.323 e. The van der Waals surface area contributed by atoms with Gasteiger partial charge in [-0.2, -0.15) is 0 Å². The second-order valence-electron chi connectivity index (χ2n) is 5.21. The average molecular weight is 278 g/mol. The predicted octanol–water partition coefficient (Wildman–Crippen LogP) is 2.08. The van der Waals surface area contributed by atoms with Gasteiger partial charge in [0.1, 0.15) is 5.54 Å². The van der Waals surface area contributed by atoms with Crippen LogP contribution < -0.4 is 10.6 Å². The van der Waals surface area contributed by atoms with E-state index < -0.39 is 11.5 Å². The molecule has 1 aromatic rings. The van der Waals surface area contributed by atoms with Crippen LogP contribution in [-0.4, -0.2) is 29.1 Å². The number of carbonyl (C=O) groups excluding carboxylic acids is 1. The fourth-order valence-electron chi connectivity index (χ4n) is 1.69. The maximum absolute atomic E-state index is 11.9. The highest BCUT2D eigenvalue weighted by atomic mass is 16.4. The highest BCUT2D eigenvalue weighted by Gasteiger charge is 2.30. The molecule has 1 atom stereocenters. The summed E-state index contributed by atoms with van der Waals surface area (Å²) in [6, 6.07) is 5.80. The summed E-state index contributed by atoms with van der Waals surface area (Å²) in [5.74, 6) is -1.21. The van der Waals surface area contributed by atoms with Crippen LogP contribution in [0.15, 0.2) is 18.2 Å². The predicted molar refractivity (Wildman–Crippen MR) is 78.9 cm³/mol. The largest absolute Gasteiger partial charge is 0.480 e. The van der Waals surface area contributed by atoms with Gasteiger partial charge in [0.2, 0.25) is 5.91 Å². The van der Waals surface area contributed by atoms with Crippen LogP contribution in [0.4, 0.5) is 5.69 Å². The van der Waals surface area contributed by atoms with Crippen LogP contribution >= 0.6 is 0 Å². The molecule has 0 radical (unpaired) electrons. The molecule has 0 heterocycles. The van der Waals surface area contributed by atoms with Gasteiger partial charge in [-0.15, -0.1) is 0 Å². The Morgan fingerprint density at radius 2 is 1.95 bits per heavy atom. The lowest BCUT2D eigenvalue weighted by Crippen LogP contribution is -2.51. The van der Waals surface area contributed by atoms with Crippen molar-refractivity contribution in [2.24, 2.45) is 0 Å². The molecule has 1 unspecified atom stereocenters. The molecule has 5 nitrogen and oxygen atoms in total. The molecule has 0 saturated carbocycles.